The van der Waals surface area contributed by atoms with E-state index in [4.69, 9.17) is 9.47 Å². The number of amides is 1. The quantitative estimate of drug-likeness (QED) is 0.695. The number of carbonyl (C=O) groups is 1. The second kappa shape index (κ2) is 9.89. The van der Waals surface area contributed by atoms with Gasteiger partial charge in [0.05, 0.1) is 12.8 Å². The first-order valence-corrected chi connectivity index (χ1v) is 9.46. The van der Waals surface area contributed by atoms with Crippen LogP contribution < -0.4 is 15.0 Å². The third kappa shape index (κ3) is 4.89. The number of nitrogens with one attached hydrogen (secondary N) is 1. The van der Waals surface area contributed by atoms with Gasteiger partial charge in [0, 0.05) is 46.4 Å². The van der Waals surface area contributed by atoms with Gasteiger partial charge < -0.3 is 24.6 Å². The van der Waals surface area contributed by atoms with E-state index in [9.17, 15) is 4.79 Å². The van der Waals surface area contributed by atoms with Gasteiger partial charge in [0.1, 0.15) is 11.6 Å². The van der Waals surface area contributed by atoms with Crippen LogP contribution in [0.2, 0.25) is 0 Å². The molecule has 1 fully saturated rings. The van der Waals surface area contributed by atoms with Crippen molar-refractivity contribution in [2.45, 2.75) is 6.42 Å². The molecule has 2 heterocycles. The number of carbonyl (C=O) groups excluding carboxylic acids is 1. The molecular weight excluding hydrogens is 358 g/mol. The molecule has 8 heteroatoms. The van der Waals surface area contributed by atoms with Gasteiger partial charge in [-0.2, -0.15) is 0 Å². The summed E-state index contributed by atoms with van der Waals surface area (Å²) in [5, 5.41) is 11.4. The van der Waals surface area contributed by atoms with E-state index in [1.54, 1.807) is 26.4 Å². The maximum atomic E-state index is 12.7. The van der Waals surface area contributed by atoms with Gasteiger partial charge in [-0.05, 0) is 30.7 Å². The lowest BCUT2D eigenvalue weighted by atomic mass is 10.2. The Kier molecular flexibility index (Phi) is 7.02. The predicted molar refractivity (Wildman–Crippen MR) is 108 cm³/mol. The Morgan fingerprint density at radius 2 is 1.86 bits per heavy atom. The normalized spacial score (nSPS) is 14.1. The van der Waals surface area contributed by atoms with Crippen LogP contribution in [0, 0.1) is 0 Å². The predicted octanol–water partition coefficient (Wildman–Crippen LogP) is 1.90. The minimum Gasteiger partial charge on any atom is -0.495 e. The van der Waals surface area contributed by atoms with Crippen molar-refractivity contribution in [1.29, 1.82) is 0 Å². The van der Waals surface area contributed by atoms with Crippen LogP contribution in [0.3, 0.4) is 0 Å². The van der Waals surface area contributed by atoms with Gasteiger partial charge in [0.15, 0.2) is 5.69 Å². The number of anilines is 2. The first kappa shape index (κ1) is 19.9. The molecule has 28 heavy (non-hydrogen) atoms. The number of hydrogen-bond donors (Lipinski definition) is 1. The summed E-state index contributed by atoms with van der Waals surface area (Å²) in [6.07, 6.45) is 0.884. The minimum atomic E-state index is -0.0851. The first-order valence-electron chi connectivity index (χ1n) is 9.46. The molecule has 3 rings (SSSR count). The number of benzene rings is 1. The molecule has 0 aliphatic carbocycles. The second-order valence-corrected chi connectivity index (χ2v) is 6.53. The lowest BCUT2D eigenvalue weighted by molar-refractivity contribution is 0.0739. The summed E-state index contributed by atoms with van der Waals surface area (Å²) in [6, 6.07) is 11.5. The molecule has 0 radical (unpaired) electrons. The van der Waals surface area contributed by atoms with E-state index in [0.717, 1.165) is 37.5 Å². The molecule has 1 amide bonds. The smallest absolute Gasteiger partial charge is 0.274 e. The third-order valence-corrected chi connectivity index (χ3v) is 4.71. The highest BCUT2D eigenvalue weighted by atomic mass is 16.5. The van der Waals surface area contributed by atoms with E-state index in [1.807, 2.05) is 29.2 Å². The standard InChI is InChI=1S/C20H27N5O3/c1-27-15-5-10-21-19-9-8-16(22-23-19)20(26)25-13-11-24(12-14-25)17-6-3-4-7-18(17)28-2/h3-4,6-9H,5,10-15H2,1-2H3,(H,21,23). The lowest BCUT2D eigenvalue weighted by Gasteiger charge is -2.36. The molecule has 0 spiro atoms. The molecule has 0 atom stereocenters. The van der Waals surface area contributed by atoms with Crippen LogP contribution in [-0.2, 0) is 4.74 Å². The number of para-hydroxylation sites is 2. The fraction of sp³-hybridized carbons (Fsp3) is 0.450. The fourth-order valence-corrected chi connectivity index (χ4v) is 3.18. The molecule has 1 aromatic carbocycles. The number of methoxy groups -OCH3 is 2. The zero-order valence-electron chi connectivity index (χ0n) is 16.4. The van der Waals surface area contributed by atoms with E-state index < -0.39 is 0 Å². The Morgan fingerprint density at radius 3 is 2.54 bits per heavy atom. The van der Waals surface area contributed by atoms with Crippen LogP contribution in [0.15, 0.2) is 36.4 Å². The highest BCUT2D eigenvalue weighted by molar-refractivity contribution is 5.92. The fourth-order valence-electron chi connectivity index (χ4n) is 3.18. The van der Waals surface area contributed by atoms with E-state index in [0.29, 0.717) is 31.2 Å². The maximum absolute atomic E-state index is 12.7. The van der Waals surface area contributed by atoms with Gasteiger partial charge in [-0.3, -0.25) is 4.79 Å². The molecule has 0 bridgehead atoms. The van der Waals surface area contributed by atoms with Gasteiger partial charge in [0.2, 0.25) is 0 Å². The van der Waals surface area contributed by atoms with Crippen LogP contribution in [0.25, 0.3) is 0 Å². The average molecular weight is 385 g/mol. The topological polar surface area (TPSA) is 79.8 Å². The Balaban J connectivity index is 1.53. The Hall–Kier alpha value is -2.87. The molecule has 1 aliphatic rings. The van der Waals surface area contributed by atoms with E-state index in [2.05, 4.69) is 20.4 Å². The molecule has 2 aromatic rings. The Bertz CT molecular complexity index is 761. The van der Waals surface area contributed by atoms with Gasteiger partial charge in [0.25, 0.3) is 5.91 Å². The lowest BCUT2D eigenvalue weighted by Crippen LogP contribution is -2.49. The Labute approximate surface area is 165 Å². The summed E-state index contributed by atoms with van der Waals surface area (Å²) < 4.78 is 10.5. The number of ether oxygens (including phenoxy) is 2. The van der Waals surface area contributed by atoms with Gasteiger partial charge >= 0.3 is 0 Å². The number of rotatable bonds is 8. The molecule has 1 aromatic heterocycles. The molecular formula is C20H27N5O3. The van der Waals surface area contributed by atoms with Crippen LogP contribution in [0.5, 0.6) is 5.75 Å². The summed E-state index contributed by atoms with van der Waals surface area (Å²) in [6.45, 7) is 4.21. The molecule has 1 N–H and O–H groups in total. The van der Waals surface area contributed by atoms with Crippen molar-refractivity contribution in [1.82, 2.24) is 15.1 Å². The SMILES string of the molecule is COCCCNc1ccc(C(=O)N2CCN(c3ccccc3OC)CC2)nn1. The summed E-state index contributed by atoms with van der Waals surface area (Å²) in [5.41, 5.74) is 1.42. The minimum absolute atomic E-state index is 0.0851. The summed E-state index contributed by atoms with van der Waals surface area (Å²) in [7, 11) is 3.35. The number of aromatic nitrogens is 2. The zero-order valence-corrected chi connectivity index (χ0v) is 16.4. The maximum Gasteiger partial charge on any atom is 0.274 e. The van der Waals surface area contributed by atoms with Crippen molar-refractivity contribution in [3.63, 3.8) is 0 Å². The first-order chi connectivity index (χ1) is 13.7. The highest BCUT2D eigenvalue weighted by Gasteiger charge is 2.24. The second-order valence-electron chi connectivity index (χ2n) is 6.53. The third-order valence-electron chi connectivity index (χ3n) is 4.71. The van der Waals surface area contributed by atoms with Crippen molar-refractivity contribution in [2.75, 3.05) is 63.8 Å². The molecule has 0 saturated carbocycles. The average Bonchev–Trinajstić information content (AvgIpc) is 2.77. The number of nitrogens with zero attached hydrogens (tertiary/aromatic N) is 4. The number of piperazine rings is 1. The van der Waals surface area contributed by atoms with Crippen molar-refractivity contribution < 1.29 is 14.3 Å². The molecule has 1 aliphatic heterocycles. The number of hydrogen-bond acceptors (Lipinski definition) is 7. The largest absolute Gasteiger partial charge is 0.495 e. The van der Waals surface area contributed by atoms with Crippen LogP contribution in [-0.4, -0.2) is 74.6 Å². The Morgan fingerprint density at radius 1 is 1.07 bits per heavy atom. The van der Waals surface area contributed by atoms with Crippen molar-refractivity contribution >= 4 is 17.4 Å². The van der Waals surface area contributed by atoms with Crippen molar-refractivity contribution in [3.05, 3.63) is 42.1 Å². The summed E-state index contributed by atoms with van der Waals surface area (Å²) >= 11 is 0. The monoisotopic (exact) mass is 385 g/mol. The summed E-state index contributed by atoms with van der Waals surface area (Å²) in [4.78, 5) is 16.8. The molecule has 0 unspecified atom stereocenters. The van der Waals surface area contributed by atoms with Crippen LogP contribution in [0.1, 0.15) is 16.9 Å². The molecule has 1 saturated heterocycles. The van der Waals surface area contributed by atoms with Gasteiger partial charge in [-0.15, -0.1) is 10.2 Å². The summed E-state index contributed by atoms with van der Waals surface area (Å²) in [5.74, 6) is 1.42. The van der Waals surface area contributed by atoms with Crippen LogP contribution in [0.4, 0.5) is 11.5 Å². The van der Waals surface area contributed by atoms with E-state index in [1.165, 1.54) is 0 Å². The highest BCUT2D eigenvalue weighted by Crippen LogP contribution is 2.28. The van der Waals surface area contributed by atoms with E-state index >= 15 is 0 Å². The van der Waals surface area contributed by atoms with E-state index in [-0.39, 0.29) is 5.91 Å². The van der Waals surface area contributed by atoms with Crippen LogP contribution >= 0.6 is 0 Å². The zero-order chi connectivity index (χ0) is 19.8. The van der Waals surface area contributed by atoms with Gasteiger partial charge in [-0.25, -0.2) is 0 Å². The van der Waals surface area contributed by atoms with Gasteiger partial charge in [-0.1, -0.05) is 12.1 Å². The molecule has 8 nitrogen and oxygen atoms in total. The van der Waals surface area contributed by atoms with Crippen molar-refractivity contribution in [3.8, 4) is 5.75 Å². The molecule has 150 valence electrons. The van der Waals surface area contributed by atoms with Crippen molar-refractivity contribution in [2.24, 2.45) is 0 Å².